The van der Waals surface area contributed by atoms with Crippen LogP contribution in [0, 0.1) is 23.3 Å². The average molecular weight is 696 g/mol. The highest BCUT2D eigenvalue weighted by molar-refractivity contribution is 8.14. The molecule has 0 aromatic heterocycles. The maximum absolute atomic E-state index is 14.8. The minimum atomic E-state index is -1.43. The summed E-state index contributed by atoms with van der Waals surface area (Å²) in [5, 5.41) is 6.85. The second-order valence-electron chi connectivity index (χ2n) is 10.5. The molecule has 4 aromatic rings. The van der Waals surface area contributed by atoms with Crippen molar-refractivity contribution in [1.82, 2.24) is 10.3 Å². The van der Waals surface area contributed by atoms with Crippen LogP contribution in [-0.2, 0) is 20.7 Å². The molecule has 1 aliphatic heterocycles. The van der Waals surface area contributed by atoms with Gasteiger partial charge in [0.05, 0.1) is 13.7 Å². The number of methoxy groups -OCH3 is 1. The summed E-state index contributed by atoms with van der Waals surface area (Å²) in [6, 6.07) is 18.6. The number of nitrogens with one attached hydrogen (secondary N) is 1. The van der Waals surface area contributed by atoms with E-state index in [-0.39, 0.29) is 35.1 Å². The van der Waals surface area contributed by atoms with E-state index in [4.69, 9.17) is 14.2 Å². The van der Waals surface area contributed by atoms with Crippen LogP contribution in [-0.4, -0.2) is 54.2 Å². The first-order valence-electron chi connectivity index (χ1n) is 14.9. The normalized spacial score (nSPS) is 14.5. The molecule has 5 rings (SSSR count). The molecule has 1 N–H and O–H groups in total. The minimum absolute atomic E-state index is 0.0624. The Bertz CT molecular complexity index is 1850. The van der Waals surface area contributed by atoms with Crippen molar-refractivity contribution in [2.75, 3.05) is 20.3 Å². The fourth-order valence-corrected chi connectivity index (χ4v) is 6.15. The van der Waals surface area contributed by atoms with Crippen molar-refractivity contribution in [3.63, 3.8) is 0 Å². The Morgan fingerprint density at radius 1 is 0.918 bits per heavy atom. The molecule has 254 valence electrons. The number of hydrazone groups is 1. The van der Waals surface area contributed by atoms with Gasteiger partial charge in [-0.2, -0.15) is 5.10 Å². The Hall–Kier alpha value is -5.37. The van der Waals surface area contributed by atoms with E-state index < -0.39 is 64.6 Å². The van der Waals surface area contributed by atoms with E-state index in [1.165, 1.54) is 37.4 Å². The summed E-state index contributed by atoms with van der Waals surface area (Å²) < 4.78 is 73.4. The number of esters is 1. The second-order valence-corrected chi connectivity index (χ2v) is 11.6. The number of nitrogens with zero attached hydrogens (tertiary/aromatic N) is 2. The number of carbonyl (C=O) groups is 3. The molecule has 2 amide bonds. The van der Waals surface area contributed by atoms with Gasteiger partial charge >= 0.3 is 5.97 Å². The molecule has 0 fully saturated rings. The van der Waals surface area contributed by atoms with Gasteiger partial charge in [-0.25, -0.2) is 27.4 Å². The highest BCUT2D eigenvalue weighted by Crippen LogP contribution is 2.47. The molecule has 1 heterocycles. The van der Waals surface area contributed by atoms with Gasteiger partial charge in [-0.15, -0.1) is 0 Å². The summed E-state index contributed by atoms with van der Waals surface area (Å²) in [5.74, 6) is -6.94. The standard InChI is InChI=1S/C35H29F4N3O6S/c1-3-47-35(45)27(16-20-8-5-4-6-9-20)40-29(43)19-48-28-11-7-10-24(31(28)46-2)34-42(33(44)30-25(38)17-23(37)18-26(30)39)41-32(49-34)21-12-14-22(36)15-13-21/h4-15,17-18,27,34H,3,16,19H2,1-2H3,(H,40,43)/t27-,34?/m1/s1. The molecule has 0 aliphatic carbocycles. The quantitative estimate of drug-likeness (QED) is 0.140. The zero-order valence-electron chi connectivity index (χ0n) is 26.1. The Morgan fingerprint density at radius 3 is 2.27 bits per heavy atom. The highest BCUT2D eigenvalue weighted by Gasteiger charge is 2.39. The molecule has 0 spiro atoms. The third-order valence-electron chi connectivity index (χ3n) is 7.19. The Morgan fingerprint density at radius 2 is 1.61 bits per heavy atom. The lowest BCUT2D eigenvalue weighted by Crippen LogP contribution is -2.45. The van der Waals surface area contributed by atoms with Crippen molar-refractivity contribution in [3.8, 4) is 11.5 Å². The number of carbonyl (C=O) groups excluding carboxylic acids is 3. The molecule has 49 heavy (non-hydrogen) atoms. The van der Waals surface area contributed by atoms with Gasteiger partial charge in [-0.1, -0.05) is 54.2 Å². The van der Waals surface area contributed by atoms with Crippen LogP contribution in [0.4, 0.5) is 17.6 Å². The summed E-state index contributed by atoms with van der Waals surface area (Å²) in [7, 11) is 1.31. The molecule has 14 heteroatoms. The van der Waals surface area contributed by atoms with Crippen molar-refractivity contribution >= 4 is 34.6 Å². The lowest BCUT2D eigenvalue weighted by molar-refractivity contribution is -0.147. The number of ether oxygens (including phenoxy) is 3. The van der Waals surface area contributed by atoms with Crippen molar-refractivity contribution in [2.45, 2.75) is 24.8 Å². The van der Waals surface area contributed by atoms with Crippen LogP contribution in [0.3, 0.4) is 0 Å². The number of amides is 2. The molecule has 1 unspecified atom stereocenters. The zero-order valence-corrected chi connectivity index (χ0v) is 26.9. The van der Waals surface area contributed by atoms with Crippen LogP contribution < -0.4 is 14.8 Å². The van der Waals surface area contributed by atoms with Gasteiger partial charge < -0.3 is 19.5 Å². The molecule has 2 atom stereocenters. The topological polar surface area (TPSA) is 107 Å². The summed E-state index contributed by atoms with van der Waals surface area (Å²) in [4.78, 5) is 39.2. The Labute approximate surface area is 282 Å². The Kier molecular flexibility index (Phi) is 11.2. The first-order valence-corrected chi connectivity index (χ1v) is 15.8. The van der Waals surface area contributed by atoms with E-state index in [0.717, 1.165) is 22.3 Å². The van der Waals surface area contributed by atoms with Crippen LogP contribution in [0.2, 0.25) is 0 Å². The van der Waals surface area contributed by atoms with Gasteiger partial charge in [-0.05, 0) is 42.8 Å². The maximum Gasteiger partial charge on any atom is 0.328 e. The SMILES string of the molecule is CCOC(=O)[C@@H](Cc1ccccc1)NC(=O)COc1cccc(C2SC(c3ccc(F)cc3)=NN2C(=O)c2c(F)cc(F)cc2F)c1OC. The number of thioether (sulfide) groups is 1. The van der Waals surface area contributed by atoms with Crippen molar-refractivity contribution in [2.24, 2.45) is 5.10 Å². The lowest BCUT2D eigenvalue weighted by atomic mass is 10.1. The first kappa shape index (κ1) is 35.0. The number of hydrogen-bond donors (Lipinski definition) is 1. The van der Waals surface area contributed by atoms with Crippen LogP contribution in [0.25, 0.3) is 0 Å². The van der Waals surface area contributed by atoms with Crippen LogP contribution in [0.1, 0.15) is 39.3 Å². The molecule has 0 bridgehead atoms. The van der Waals surface area contributed by atoms with E-state index >= 15 is 0 Å². The van der Waals surface area contributed by atoms with Gasteiger partial charge in [0.25, 0.3) is 11.8 Å². The molecule has 0 radical (unpaired) electrons. The van der Waals surface area contributed by atoms with E-state index in [9.17, 15) is 31.9 Å². The van der Waals surface area contributed by atoms with Crippen molar-refractivity contribution < 1.29 is 46.2 Å². The fourth-order valence-electron chi connectivity index (χ4n) is 4.98. The highest BCUT2D eigenvalue weighted by atomic mass is 32.2. The van der Waals surface area contributed by atoms with Gasteiger partial charge in [0.15, 0.2) is 18.1 Å². The summed E-state index contributed by atoms with van der Waals surface area (Å²) >= 11 is 0.996. The Balaban J connectivity index is 1.41. The lowest BCUT2D eigenvalue weighted by Gasteiger charge is -2.24. The van der Waals surface area contributed by atoms with Gasteiger partial charge in [0, 0.05) is 29.7 Å². The smallest absolute Gasteiger partial charge is 0.328 e. The average Bonchev–Trinajstić information content (AvgIpc) is 3.52. The monoisotopic (exact) mass is 695 g/mol. The maximum atomic E-state index is 14.8. The number of rotatable bonds is 12. The van der Waals surface area contributed by atoms with E-state index in [1.54, 1.807) is 31.2 Å². The predicted molar refractivity (Wildman–Crippen MR) is 173 cm³/mol. The predicted octanol–water partition coefficient (Wildman–Crippen LogP) is 6.17. The first-order chi connectivity index (χ1) is 23.6. The van der Waals surface area contributed by atoms with Gasteiger partial charge in [-0.3, -0.25) is 9.59 Å². The third-order valence-corrected chi connectivity index (χ3v) is 8.41. The van der Waals surface area contributed by atoms with Crippen LogP contribution in [0.5, 0.6) is 11.5 Å². The molecule has 0 saturated carbocycles. The van der Waals surface area contributed by atoms with E-state index in [1.807, 2.05) is 18.2 Å². The molecule has 1 aliphatic rings. The van der Waals surface area contributed by atoms with E-state index in [0.29, 0.717) is 17.7 Å². The van der Waals surface area contributed by atoms with Crippen molar-refractivity contribution in [3.05, 3.63) is 130 Å². The number of hydrogen-bond acceptors (Lipinski definition) is 8. The summed E-state index contributed by atoms with van der Waals surface area (Å²) in [5.41, 5.74) is 0.426. The van der Waals surface area contributed by atoms with Gasteiger partial charge in [0.1, 0.15) is 45.3 Å². The summed E-state index contributed by atoms with van der Waals surface area (Å²) in [6.45, 7) is 1.22. The zero-order chi connectivity index (χ0) is 35.1. The minimum Gasteiger partial charge on any atom is -0.492 e. The number of para-hydroxylation sites is 1. The molecular weight excluding hydrogens is 666 g/mol. The number of benzene rings is 4. The van der Waals surface area contributed by atoms with Gasteiger partial charge in [0.2, 0.25) is 0 Å². The van der Waals surface area contributed by atoms with Crippen molar-refractivity contribution in [1.29, 1.82) is 0 Å². The van der Waals surface area contributed by atoms with Crippen LogP contribution >= 0.6 is 11.8 Å². The largest absolute Gasteiger partial charge is 0.492 e. The second kappa shape index (κ2) is 15.7. The third kappa shape index (κ3) is 8.20. The van der Waals surface area contributed by atoms with Crippen LogP contribution in [0.15, 0.2) is 90.0 Å². The summed E-state index contributed by atoms with van der Waals surface area (Å²) in [6.07, 6.45) is 0.179. The molecular formula is C35H29F4N3O6S. The molecule has 0 saturated heterocycles. The molecule has 4 aromatic carbocycles. The van der Waals surface area contributed by atoms with E-state index in [2.05, 4.69) is 10.4 Å². The fraction of sp³-hybridized carbons (Fsp3) is 0.200. The number of halogens is 4. The molecule has 9 nitrogen and oxygen atoms in total.